The monoisotopic (exact) mass is 386 g/mol. The number of amides is 1. The molecule has 0 aromatic carbocycles. The van der Waals surface area contributed by atoms with Gasteiger partial charge < -0.3 is 10.1 Å². The topological polar surface area (TPSA) is 79.2 Å². The molecule has 1 N–H and O–H groups in total. The second-order valence-corrected chi connectivity index (χ2v) is 8.10. The average molecular weight is 386 g/mol. The highest BCUT2D eigenvalue weighted by Crippen LogP contribution is 2.39. The summed E-state index contributed by atoms with van der Waals surface area (Å²) in [5, 5.41) is 16.5. The maximum atomic E-state index is 12.1. The molecule has 134 valence electrons. The third-order valence-electron chi connectivity index (χ3n) is 4.18. The van der Waals surface area contributed by atoms with Crippen LogP contribution in [0.15, 0.2) is 22.9 Å². The van der Waals surface area contributed by atoms with Gasteiger partial charge in [0.1, 0.15) is 11.1 Å². The smallest absolute Gasteiger partial charge is 0.331 e. The second-order valence-electron chi connectivity index (χ2n) is 6.21. The number of hydrogen-bond acceptors (Lipinski definition) is 6. The molecule has 2 heterocycles. The highest BCUT2D eigenvalue weighted by atomic mass is 32.1. The van der Waals surface area contributed by atoms with Crippen molar-refractivity contribution in [2.75, 3.05) is 11.9 Å². The van der Waals surface area contributed by atoms with Gasteiger partial charge in [0.2, 0.25) is 0 Å². The predicted octanol–water partition coefficient (Wildman–Crippen LogP) is 4.00. The molecule has 0 radical (unpaired) electrons. The number of thiophene rings is 2. The maximum absolute atomic E-state index is 12.1. The number of rotatable bonds is 5. The SMILES string of the molecule is C[C@H]1CCc2c(sc(NC(=O)COC(=O)/C=C/c3ccsc3)c2C#N)C1. The van der Waals surface area contributed by atoms with Crippen LogP contribution in [-0.2, 0) is 27.2 Å². The van der Waals surface area contributed by atoms with Crippen molar-refractivity contribution < 1.29 is 14.3 Å². The first-order valence-electron chi connectivity index (χ1n) is 8.28. The molecule has 2 aromatic heterocycles. The zero-order valence-corrected chi connectivity index (χ0v) is 15.9. The minimum Gasteiger partial charge on any atom is -0.452 e. The number of fused-ring (bicyclic) bond motifs is 1. The number of carbonyl (C=O) groups is 2. The van der Waals surface area contributed by atoms with Crippen LogP contribution in [0.2, 0.25) is 0 Å². The lowest BCUT2D eigenvalue weighted by Crippen LogP contribution is -2.20. The maximum Gasteiger partial charge on any atom is 0.331 e. The van der Waals surface area contributed by atoms with E-state index in [4.69, 9.17) is 4.74 Å². The van der Waals surface area contributed by atoms with E-state index in [1.165, 1.54) is 33.6 Å². The summed E-state index contributed by atoms with van der Waals surface area (Å²) < 4.78 is 4.95. The predicted molar refractivity (Wildman–Crippen MR) is 103 cm³/mol. The summed E-state index contributed by atoms with van der Waals surface area (Å²) in [5.74, 6) is -0.427. The number of carbonyl (C=O) groups excluding carboxylic acids is 2. The average Bonchev–Trinajstić information content (AvgIpc) is 3.24. The van der Waals surface area contributed by atoms with Crippen molar-refractivity contribution in [2.45, 2.75) is 26.2 Å². The third kappa shape index (κ3) is 4.40. The minimum atomic E-state index is -0.578. The van der Waals surface area contributed by atoms with Gasteiger partial charge in [-0.2, -0.15) is 16.6 Å². The normalized spacial score (nSPS) is 16.1. The van der Waals surface area contributed by atoms with Crippen LogP contribution >= 0.6 is 22.7 Å². The molecule has 0 spiro atoms. The molecule has 1 aliphatic rings. The molecule has 0 aliphatic heterocycles. The molecule has 7 heteroatoms. The van der Waals surface area contributed by atoms with Crippen LogP contribution in [0.3, 0.4) is 0 Å². The number of nitriles is 1. The van der Waals surface area contributed by atoms with Crippen LogP contribution in [0.25, 0.3) is 6.08 Å². The first-order chi connectivity index (χ1) is 12.6. The number of nitrogens with one attached hydrogen (secondary N) is 1. The Bertz CT molecular complexity index is 875. The van der Waals surface area contributed by atoms with Gasteiger partial charge in [0.15, 0.2) is 6.61 Å². The van der Waals surface area contributed by atoms with Crippen molar-refractivity contribution in [1.82, 2.24) is 0 Å². The van der Waals surface area contributed by atoms with E-state index in [0.29, 0.717) is 16.5 Å². The Morgan fingerprint density at radius 3 is 3.08 bits per heavy atom. The zero-order chi connectivity index (χ0) is 18.5. The van der Waals surface area contributed by atoms with Gasteiger partial charge in [0.25, 0.3) is 5.91 Å². The first kappa shape index (κ1) is 18.4. The molecule has 0 saturated heterocycles. The summed E-state index contributed by atoms with van der Waals surface area (Å²) in [6.07, 6.45) is 5.79. The molecule has 26 heavy (non-hydrogen) atoms. The van der Waals surface area contributed by atoms with E-state index in [9.17, 15) is 14.9 Å². The number of anilines is 1. The lowest BCUT2D eigenvalue weighted by molar-refractivity contribution is -0.142. The van der Waals surface area contributed by atoms with Gasteiger partial charge in [-0.05, 0) is 59.2 Å². The van der Waals surface area contributed by atoms with Crippen molar-refractivity contribution in [3.05, 3.63) is 44.5 Å². The summed E-state index contributed by atoms with van der Waals surface area (Å²) >= 11 is 2.99. The van der Waals surface area contributed by atoms with Crippen LogP contribution in [-0.4, -0.2) is 18.5 Å². The molecule has 3 rings (SSSR count). The molecule has 5 nitrogen and oxygen atoms in total. The summed E-state index contributed by atoms with van der Waals surface area (Å²) in [5.41, 5.74) is 2.52. The number of esters is 1. The lowest BCUT2D eigenvalue weighted by Gasteiger charge is -2.17. The Labute approximate surface area is 159 Å². The molecule has 0 fully saturated rings. The first-order valence-corrected chi connectivity index (χ1v) is 10.0. The van der Waals surface area contributed by atoms with Crippen LogP contribution in [0, 0.1) is 17.2 Å². The van der Waals surface area contributed by atoms with E-state index in [-0.39, 0.29) is 6.61 Å². The zero-order valence-electron chi connectivity index (χ0n) is 14.3. The van der Waals surface area contributed by atoms with Crippen LogP contribution < -0.4 is 5.32 Å². The van der Waals surface area contributed by atoms with Gasteiger partial charge in [-0.15, -0.1) is 11.3 Å². The van der Waals surface area contributed by atoms with Gasteiger partial charge in [-0.25, -0.2) is 4.79 Å². The molecular formula is C19H18N2O3S2. The molecule has 1 aliphatic carbocycles. The van der Waals surface area contributed by atoms with Gasteiger partial charge in [-0.1, -0.05) is 6.92 Å². The lowest BCUT2D eigenvalue weighted by atomic mass is 9.89. The van der Waals surface area contributed by atoms with E-state index < -0.39 is 11.9 Å². The Kier molecular flexibility index (Phi) is 5.86. The Hall–Kier alpha value is -2.43. The molecule has 0 unspecified atom stereocenters. The highest BCUT2D eigenvalue weighted by Gasteiger charge is 2.24. The Balaban J connectivity index is 1.57. The van der Waals surface area contributed by atoms with Crippen LogP contribution in [0.1, 0.15) is 34.9 Å². The quantitative estimate of drug-likeness (QED) is 0.622. The Morgan fingerprint density at radius 2 is 2.35 bits per heavy atom. The fourth-order valence-electron chi connectivity index (χ4n) is 2.84. The highest BCUT2D eigenvalue weighted by molar-refractivity contribution is 7.16. The largest absolute Gasteiger partial charge is 0.452 e. The van der Waals surface area contributed by atoms with Gasteiger partial charge >= 0.3 is 5.97 Å². The van der Waals surface area contributed by atoms with Gasteiger partial charge in [0, 0.05) is 11.0 Å². The summed E-state index contributed by atoms with van der Waals surface area (Å²) in [6.45, 7) is 1.81. The fraction of sp³-hybridized carbons (Fsp3) is 0.316. The van der Waals surface area contributed by atoms with Gasteiger partial charge in [0.05, 0.1) is 5.56 Å². The van der Waals surface area contributed by atoms with Gasteiger partial charge in [-0.3, -0.25) is 4.79 Å². The molecule has 0 saturated carbocycles. The Morgan fingerprint density at radius 1 is 1.50 bits per heavy atom. The summed E-state index contributed by atoms with van der Waals surface area (Å²) in [7, 11) is 0. The third-order valence-corrected chi connectivity index (χ3v) is 6.05. The molecule has 1 amide bonds. The molecule has 0 bridgehead atoms. The van der Waals surface area contributed by atoms with Crippen LogP contribution in [0.5, 0.6) is 0 Å². The van der Waals surface area contributed by atoms with E-state index >= 15 is 0 Å². The molecule has 2 aromatic rings. The van der Waals surface area contributed by atoms with E-state index in [2.05, 4.69) is 18.3 Å². The standard InChI is InChI=1S/C19H18N2O3S2/c1-12-2-4-14-15(9-20)19(26-16(14)8-12)21-17(22)10-24-18(23)5-3-13-6-7-25-11-13/h3,5-7,11-12H,2,4,8,10H2,1H3,(H,21,22)/b5-3+/t12-/m0/s1. The van der Waals surface area contributed by atoms with Crippen molar-refractivity contribution in [2.24, 2.45) is 5.92 Å². The van der Waals surface area contributed by atoms with Crippen molar-refractivity contribution >= 4 is 45.6 Å². The van der Waals surface area contributed by atoms with Crippen molar-refractivity contribution in [3.63, 3.8) is 0 Å². The summed E-state index contributed by atoms with van der Waals surface area (Å²) in [4.78, 5) is 24.9. The fourth-order valence-corrected chi connectivity index (χ4v) is 4.84. The summed E-state index contributed by atoms with van der Waals surface area (Å²) in [6, 6.07) is 4.08. The van der Waals surface area contributed by atoms with Crippen molar-refractivity contribution in [1.29, 1.82) is 5.26 Å². The van der Waals surface area contributed by atoms with E-state index in [1.54, 1.807) is 6.08 Å². The van der Waals surface area contributed by atoms with Crippen molar-refractivity contribution in [3.8, 4) is 6.07 Å². The minimum absolute atomic E-state index is 0.378. The number of nitrogens with zero attached hydrogens (tertiary/aromatic N) is 1. The number of ether oxygens (including phenoxy) is 1. The van der Waals surface area contributed by atoms with E-state index in [0.717, 1.165) is 30.4 Å². The molecule has 1 atom stereocenters. The second kappa shape index (κ2) is 8.30. The van der Waals surface area contributed by atoms with E-state index in [1.807, 2.05) is 16.8 Å². The number of hydrogen-bond donors (Lipinski definition) is 1. The van der Waals surface area contributed by atoms with Crippen LogP contribution in [0.4, 0.5) is 5.00 Å². The molecular weight excluding hydrogens is 368 g/mol.